The van der Waals surface area contributed by atoms with Crippen LogP contribution in [-0.2, 0) is 14.8 Å². The summed E-state index contributed by atoms with van der Waals surface area (Å²) in [7, 11) is -2.02. The average molecular weight is 565 g/mol. The molecule has 0 bridgehead atoms. The van der Waals surface area contributed by atoms with Crippen LogP contribution in [0.4, 0.5) is 5.13 Å². The first kappa shape index (κ1) is 27.8. The number of methoxy groups -OCH3 is 1. The number of carbonyl (C=O) groups is 1. The Bertz CT molecular complexity index is 1320. The predicted molar refractivity (Wildman–Crippen MR) is 149 cm³/mol. The number of halogens is 1. The van der Waals surface area contributed by atoms with Crippen LogP contribution in [-0.4, -0.2) is 74.9 Å². The van der Waals surface area contributed by atoms with Crippen LogP contribution in [0.2, 0.25) is 5.02 Å². The number of aromatic nitrogens is 1. The maximum Gasteiger partial charge on any atom is 0.243 e. The van der Waals surface area contributed by atoms with Gasteiger partial charge in [-0.3, -0.25) is 9.69 Å². The largest absolute Gasteiger partial charge is 0.494 e. The van der Waals surface area contributed by atoms with Gasteiger partial charge in [0.15, 0.2) is 5.13 Å². The maximum atomic E-state index is 13.8. The quantitative estimate of drug-likeness (QED) is 0.354. The molecule has 2 aromatic carbocycles. The number of benzene rings is 2. The van der Waals surface area contributed by atoms with Crippen molar-refractivity contribution in [2.75, 3.05) is 51.3 Å². The molecule has 0 unspecified atom stereocenters. The van der Waals surface area contributed by atoms with Gasteiger partial charge in [0.05, 0.1) is 16.7 Å². The van der Waals surface area contributed by atoms with Crippen LogP contribution < -0.4 is 9.64 Å². The summed E-state index contributed by atoms with van der Waals surface area (Å²) >= 11 is 7.40. The van der Waals surface area contributed by atoms with E-state index >= 15 is 0 Å². The van der Waals surface area contributed by atoms with E-state index in [1.807, 2.05) is 18.2 Å². The van der Waals surface area contributed by atoms with Gasteiger partial charge in [-0.15, -0.1) is 0 Å². The van der Waals surface area contributed by atoms with Gasteiger partial charge in [0.2, 0.25) is 15.9 Å². The predicted octanol–water partition coefficient (Wildman–Crippen LogP) is 4.73. The summed E-state index contributed by atoms with van der Waals surface area (Å²) in [5.74, 6) is 0.396. The average Bonchev–Trinajstić information content (AvgIpc) is 3.35. The van der Waals surface area contributed by atoms with Crippen molar-refractivity contribution >= 4 is 54.2 Å². The highest BCUT2D eigenvalue weighted by molar-refractivity contribution is 7.89. The van der Waals surface area contributed by atoms with Crippen molar-refractivity contribution in [3.8, 4) is 5.75 Å². The van der Waals surface area contributed by atoms with E-state index in [4.69, 9.17) is 21.3 Å². The number of hydrogen-bond acceptors (Lipinski definition) is 7. The molecule has 0 saturated carbocycles. The molecule has 1 aliphatic heterocycles. The molecule has 200 valence electrons. The number of nitrogens with zero attached hydrogens (tertiary/aromatic N) is 4. The number of para-hydroxylation sites is 1. The third-order valence-electron chi connectivity index (χ3n) is 6.88. The van der Waals surface area contributed by atoms with E-state index in [9.17, 15) is 13.2 Å². The molecule has 0 radical (unpaired) electrons. The number of carbonyl (C=O) groups excluding carboxylic acids is 1. The molecule has 1 aliphatic rings. The van der Waals surface area contributed by atoms with E-state index < -0.39 is 10.0 Å². The Morgan fingerprint density at radius 3 is 2.41 bits per heavy atom. The molecule has 4 rings (SSSR count). The molecule has 1 amide bonds. The monoisotopic (exact) mass is 564 g/mol. The summed E-state index contributed by atoms with van der Waals surface area (Å²) in [4.78, 5) is 22.9. The Balaban J connectivity index is 1.53. The molecule has 0 atom stereocenters. The van der Waals surface area contributed by atoms with Crippen molar-refractivity contribution < 1.29 is 17.9 Å². The number of thiazole rings is 1. The third-order valence-corrected chi connectivity index (χ3v) is 10.1. The number of likely N-dealkylation sites (N-methyl/N-ethyl adjacent to an activating group) is 1. The lowest BCUT2D eigenvalue weighted by atomic mass is 9.96. The fourth-order valence-electron chi connectivity index (χ4n) is 4.59. The Hall–Kier alpha value is -2.24. The van der Waals surface area contributed by atoms with Gasteiger partial charge in [0, 0.05) is 37.1 Å². The number of amides is 1. The zero-order chi connectivity index (χ0) is 26.6. The highest BCUT2D eigenvalue weighted by Crippen LogP contribution is 2.35. The number of sulfonamides is 1. The lowest BCUT2D eigenvalue weighted by Crippen LogP contribution is -2.46. The first-order valence-corrected chi connectivity index (χ1v) is 15.1. The van der Waals surface area contributed by atoms with E-state index in [1.165, 1.54) is 27.8 Å². The van der Waals surface area contributed by atoms with Crippen LogP contribution in [0.3, 0.4) is 0 Å². The summed E-state index contributed by atoms with van der Waals surface area (Å²) in [5.41, 5.74) is 0.745. The number of hydrogen-bond donors (Lipinski definition) is 0. The summed E-state index contributed by atoms with van der Waals surface area (Å²) in [6.07, 6.45) is 0.920. The minimum atomic E-state index is -3.63. The molecular formula is C26H33ClN4O4S2. The molecule has 3 aromatic rings. The summed E-state index contributed by atoms with van der Waals surface area (Å²) < 4.78 is 34.1. The highest BCUT2D eigenvalue weighted by atomic mass is 35.5. The Morgan fingerprint density at radius 1 is 1.11 bits per heavy atom. The van der Waals surface area contributed by atoms with Crippen molar-refractivity contribution in [2.24, 2.45) is 5.92 Å². The standard InChI is InChI=1S/C26H33ClN4O4S2/c1-4-29(5-2)17-18-31(26-28-24-22(35-3)7-6-8-23(24)36-26)25(32)19-13-15-30(16-14-19)37(33,34)21-11-9-20(27)10-12-21/h6-12,19H,4-5,13-18H2,1-3H3. The van der Waals surface area contributed by atoms with Crippen LogP contribution in [0.1, 0.15) is 26.7 Å². The highest BCUT2D eigenvalue weighted by Gasteiger charge is 2.35. The second-order valence-electron chi connectivity index (χ2n) is 8.95. The zero-order valence-corrected chi connectivity index (χ0v) is 23.8. The molecule has 1 fully saturated rings. The van der Waals surface area contributed by atoms with E-state index in [2.05, 4.69) is 18.7 Å². The Morgan fingerprint density at radius 2 is 1.78 bits per heavy atom. The molecule has 2 heterocycles. The summed E-state index contributed by atoms with van der Waals surface area (Å²) in [5, 5.41) is 1.13. The van der Waals surface area contributed by atoms with Gasteiger partial charge >= 0.3 is 0 Å². The molecule has 11 heteroatoms. The fourth-order valence-corrected chi connectivity index (χ4v) is 7.20. The Kier molecular flexibility index (Phi) is 9.07. The lowest BCUT2D eigenvalue weighted by Gasteiger charge is -2.33. The normalized spacial score (nSPS) is 15.4. The van der Waals surface area contributed by atoms with Gasteiger partial charge in [-0.1, -0.05) is 42.9 Å². The second-order valence-corrected chi connectivity index (χ2v) is 12.3. The topological polar surface area (TPSA) is 83.0 Å². The molecule has 0 spiro atoms. The maximum absolute atomic E-state index is 13.8. The van der Waals surface area contributed by atoms with Gasteiger partial charge in [-0.05, 0) is 62.3 Å². The van der Waals surface area contributed by atoms with Crippen LogP contribution >= 0.6 is 22.9 Å². The van der Waals surface area contributed by atoms with Crippen molar-refractivity contribution in [3.05, 3.63) is 47.5 Å². The fraction of sp³-hybridized carbons (Fsp3) is 0.462. The minimum absolute atomic E-state index is 0.00581. The first-order chi connectivity index (χ1) is 17.8. The lowest BCUT2D eigenvalue weighted by molar-refractivity contribution is -0.123. The van der Waals surface area contributed by atoms with Crippen molar-refractivity contribution in [3.63, 3.8) is 0 Å². The van der Waals surface area contributed by atoms with E-state index in [0.717, 1.165) is 29.9 Å². The first-order valence-electron chi connectivity index (χ1n) is 12.5. The van der Waals surface area contributed by atoms with Crippen molar-refractivity contribution in [1.29, 1.82) is 0 Å². The smallest absolute Gasteiger partial charge is 0.243 e. The molecular weight excluding hydrogens is 532 g/mol. The van der Waals surface area contributed by atoms with Crippen LogP contribution in [0.5, 0.6) is 5.75 Å². The summed E-state index contributed by atoms with van der Waals surface area (Å²) in [6, 6.07) is 12.0. The summed E-state index contributed by atoms with van der Waals surface area (Å²) in [6.45, 7) is 7.84. The third kappa shape index (κ3) is 6.09. The number of anilines is 1. The molecule has 1 aromatic heterocycles. The van der Waals surface area contributed by atoms with Gasteiger partial charge < -0.3 is 9.64 Å². The molecule has 37 heavy (non-hydrogen) atoms. The zero-order valence-electron chi connectivity index (χ0n) is 21.4. The number of ether oxygens (including phenoxy) is 1. The van der Waals surface area contributed by atoms with Gasteiger partial charge in [0.1, 0.15) is 11.3 Å². The number of fused-ring (bicyclic) bond motifs is 1. The second kappa shape index (κ2) is 12.1. The van der Waals surface area contributed by atoms with Gasteiger partial charge in [0.25, 0.3) is 0 Å². The van der Waals surface area contributed by atoms with Crippen LogP contribution in [0.25, 0.3) is 10.2 Å². The van der Waals surface area contributed by atoms with Crippen LogP contribution in [0.15, 0.2) is 47.4 Å². The van der Waals surface area contributed by atoms with Gasteiger partial charge in [-0.25, -0.2) is 13.4 Å². The number of piperidine rings is 1. The van der Waals surface area contributed by atoms with Crippen molar-refractivity contribution in [1.82, 2.24) is 14.2 Å². The molecule has 1 saturated heterocycles. The SMILES string of the molecule is CCN(CC)CCN(C(=O)C1CCN(S(=O)(=O)c2ccc(Cl)cc2)CC1)c1nc2c(OC)cccc2s1. The Labute approximate surface area is 227 Å². The van der Waals surface area contributed by atoms with Crippen molar-refractivity contribution in [2.45, 2.75) is 31.6 Å². The number of rotatable bonds is 10. The minimum Gasteiger partial charge on any atom is -0.494 e. The molecule has 0 aliphatic carbocycles. The molecule has 0 N–H and O–H groups in total. The van der Waals surface area contributed by atoms with E-state index in [0.29, 0.717) is 48.4 Å². The van der Waals surface area contributed by atoms with E-state index in [1.54, 1.807) is 24.1 Å². The van der Waals surface area contributed by atoms with Crippen LogP contribution in [0, 0.1) is 5.92 Å². The van der Waals surface area contributed by atoms with E-state index in [-0.39, 0.29) is 16.7 Å². The molecule has 8 nitrogen and oxygen atoms in total. The van der Waals surface area contributed by atoms with Gasteiger partial charge in [-0.2, -0.15) is 4.31 Å².